The molecule has 0 amide bonds. The quantitative estimate of drug-likeness (QED) is 0.760. The highest BCUT2D eigenvalue weighted by atomic mass is 35.5. The summed E-state index contributed by atoms with van der Waals surface area (Å²) in [5.41, 5.74) is -1.55. The lowest BCUT2D eigenvalue weighted by Crippen LogP contribution is -2.51. The lowest BCUT2D eigenvalue weighted by molar-refractivity contribution is 0.0237. The Morgan fingerprint density at radius 2 is 1.67 bits per heavy atom. The van der Waals surface area contributed by atoms with E-state index in [1.807, 2.05) is 20.8 Å². The first-order valence-electron chi connectivity index (χ1n) is 5.81. The maximum atomic E-state index is 10.1. The molecule has 0 unspecified atom stereocenters. The third-order valence-electron chi connectivity index (χ3n) is 2.90. The second kappa shape index (κ2) is 5.24. The Morgan fingerprint density at radius 3 is 2.17 bits per heavy atom. The van der Waals surface area contributed by atoms with Gasteiger partial charge in [0, 0.05) is 6.54 Å². The molecule has 1 rings (SSSR count). The summed E-state index contributed by atoms with van der Waals surface area (Å²) >= 11 is 5.82. The minimum Gasteiger partial charge on any atom is -0.388 e. The van der Waals surface area contributed by atoms with Gasteiger partial charge in [0.15, 0.2) is 0 Å². The molecule has 6 nitrogen and oxygen atoms in total. The number of rotatable bonds is 5. The molecular formula is C11H20ClN5O. The zero-order valence-electron chi connectivity index (χ0n) is 11.4. The SMILES string of the molecule is CCNc1nc(Cl)nc(NC(C)(C)C(C)(C)O)n1. The maximum Gasteiger partial charge on any atom is 0.229 e. The number of aromatic nitrogens is 3. The van der Waals surface area contributed by atoms with E-state index in [9.17, 15) is 5.11 Å². The Morgan fingerprint density at radius 1 is 1.11 bits per heavy atom. The van der Waals surface area contributed by atoms with Gasteiger partial charge in [-0.3, -0.25) is 0 Å². The van der Waals surface area contributed by atoms with Crippen molar-refractivity contribution in [3.8, 4) is 0 Å². The van der Waals surface area contributed by atoms with E-state index in [1.165, 1.54) is 0 Å². The Balaban J connectivity index is 2.97. The molecule has 0 aliphatic rings. The topological polar surface area (TPSA) is 83.0 Å². The average Bonchev–Trinajstić information content (AvgIpc) is 2.13. The predicted octanol–water partition coefficient (Wildman–Crippen LogP) is 1.92. The Bertz CT molecular complexity index is 416. The van der Waals surface area contributed by atoms with Gasteiger partial charge in [0.25, 0.3) is 0 Å². The van der Waals surface area contributed by atoms with Gasteiger partial charge in [0.2, 0.25) is 17.2 Å². The molecule has 0 aliphatic carbocycles. The van der Waals surface area contributed by atoms with E-state index in [4.69, 9.17) is 11.6 Å². The normalized spacial score (nSPS) is 12.4. The highest BCUT2D eigenvalue weighted by Gasteiger charge is 2.35. The van der Waals surface area contributed by atoms with Crippen molar-refractivity contribution in [2.45, 2.75) is 45.8 Å². The van der Waals surface area contributed by atoms with Crippen molar-refractivity contribution >= 4 is 23.5 Å². The lowest BCUT2D eigenvalue weighted by Gasteiger charge is -2.37. The summed E-state index contributed by atoms with van der Waals surface area (Å²) in [5, 5.41) is 16.2. The van der Waals surface area contributed by atoms with Crippen LogP contribution in [-0.4, -0.2) is 37.7 Å². The molecule has 0 saturated carbocycles. The van der Waals surface area contributed by atoms with Crippen molar-refractivity contribution in [3.63, 3.8) is 0 Å². The van der Waals surface area contributed by atoms with Crippen LogP contribution in [0, 0.1) is 0 Å². The number of nitrogens with zero attached hydrogens (tertiary/aromatic N) is 3. The number of hydrogen-bond acceptors (Lipinski definition) is 6. The molecule has 1 heterocycles. The molecule has 0 spiro atoms. The minimum absolute atomic E-state index is 0.106. The first kappa shape index (κ1) is 14.9. The van der Waals surface area contributed by atoms with E-state index < -0.39 is 11.1 Å². The molecule has 0 atom stereocenters. The van der Waals surface area contributed by atoms with Crippen LogP contribution in [0.5, 0.6) is 0 Å². The molecule has 1 aromatic heterocycles. The van der Waals surface area contributed by atoms with Crippen LogP contribution in [0.25, 0.3) is 0 Å². The molecule has 3 N–H and O–H groups in total. The van der Waals surface area contributed by atoms with Crippen LogP contribution in [0.15, 0.2) is 0 Å². The van der Waals surface area contributed by atoms with Crippen LogP contribution >= 0.6 is 11.6 Å². The van der Waals surface area contributed by atoms with E-state index >= 15 is 0 Å². The monoisotopic (exact) mass is 273 g/mol. The van der Waals surface area contributed by atoms with E-state index in [1.54, 1.807) is 13.8 Å². The van der Waals surface area contributed by atoms with Gasteiger partial charge in [-0.05, 0) is 46.2 Å². The summed E-state index contributed by atoms with van der Waals surface area (Å²) in [4.78, 5) is 12.1. The number of anilines is 2. The molecule has 0 aliphatic heterocycles. The van der Waals surface area contributed by atoms with Gasteiger partial charge < -0.3 is 15.7 Å². The molecule has 18 heavy (non-hydrogen) atoms. The highest BCUT2D eigenvalue weighted by molar-refractivity contribution is 6.28. The van der Waals surface area contributed by atoms with Crippen molar-refractivity contribution in [1.82, 2.24) is 15.0 Å². The third kappa shape index (κ3) is 3.68. The molecule has 102 valence electrons. The Kier molecular flexibility index (Phi) is 4.34. The molecule has 7 heteroatoms. The van der Waals surface area contributed by atoms with Gasteiger partial charge >= 0.3 is 0 Å². The summed E-state index contributed by atoms with van der Waals surface area (Å²) < 4.78 is 0. The molecular weight excluding hydrogens is 254 g/mol. The van der Waals surface area contributed by atoms with Gasteiger partial charge in [-0.1, -0.05) is 0 Å². The zero-order valence-corrected chi connectivity index (χ0v) is 12.1. The van der Waals surface area contributed by atoms with Gasteiger partial charge in [-0.2, -0.15) is 15.0 Å². The van der Waals surface area contributed by atoms with Crippen LogP contribution in [0.4, 0.5) is 11.9 Å². The molecule has 1 aromatic rings. The van der Waals surface area contributed by atoms with Crippen molar-refractivity contribution in [3.05, 3.63) is 5.28 Å². The highest BCUT2D eigenvalue weighted by Crippen LogP contribution is 2.25. The van der Waals surface area contributed by atoms with Gasteiger partial charge in [0.1, 0.15) is 0 Å². The zero-order chi connectivity index (χ0) is 14.0. The van der Waals surface area contributed by atoms with Crippen LogP contribution in [-0.2, 0) is 0 Å². The summed E-state index contributed by atoms with van der Waals surface area (Å²) in [5.74, 6) is 0.740. The molecule has 0 saturated heterocycles. The van der Waals surface area contributed by atoms with E-state index in [-0.39, 0.29) is 5.28 Å². The summed E-state index contributed by atoms with van der Waals surface area (Å²) in [6.45, 7) is 9.78. The largest absolute Gasteiger partial charge is 0.388 e. The fourth-order valence-electron chi connectivity index (χ4n) is 1.08. The Hall–Kier alpha value is -1.14. The number of aliphatic hydroxyl groups is 1. The smallest absolute Gasteiger partial charge is 0.229 e. The van der Waals surface area contributed by atoms with Crippen LogP contribution in [0.3, 0.4) is 0 Å². The van der Waals surface area contributed by atoms with E-state index in [0.717, 1.165) is 0 Å². The second-order valence-corrected chi connectivity index (χ2v) is 5.43. The molecule has 0 aromatic carbocycles. The summed E-state index contributed by atoms with van der Waals surface area (Å²) in [6, 6.07) is 0. The number of halogens is 1. The van der Waals surface area contributed by atoms with Gasteiger partial charge in [-0.15, -0.1) is 0 Å². The third-order valence-corrected chi connectivity index (χ3v) is 3.07. The second-order valence-electron chi connectivity index (χ2n) is 5.09. The molecule has 0 fully saturated rings. The van der Waals surface area contributed by atoms with E-state index in [0.29, 0.717) is 18.4 Å². The van der Waals surface area contributed by atoms with Crippen molar-refractivity contribution in [1.29, 1.82) is 0 Å². The van der Waals surface area contributed by atoms with Crippen LogP contribution in [0.2, 0.25) is 5.28 Å². The van der Waals surface area contributed by atoms with Gasteiger partial charge in [0.05, 0.1) is 11.1 Å². The minimum atomic E-state index is -0.940. The molecule has 0 radical (unpaired) electrons. The summed E-state index contributed by atoms with van der Waals surface area (Å²) in [7, 11) is 0. The number of nitrogens with one attached hydrogen (secondary N) is 2. The van der Waals surface area contributed by atoms with Crippen molar-refractivity contribution in [2.24, 2.45) is 0 Å². The van der Waals surface area contributed by atoms with Crippen molar-refractivity contribution in [2.75, 3.05) is 17.2 Å². The maximum absolute atomic E-state index is 10.1. The first-order valence-corrected chi connectivity index (χ1v) is 6.19. The predicted molar refractivity (Wildman–Crippen MR) is 73.0 cm³/mol. The first-order chi connectivity index (χ1) is 8.15. The summed E-state index contributed by atoms with van der Waals surface area (Å²) in [6.07, 6.45) is 0. The van der Waals surface area contributed by atoms with Crippen molar-refractivity contribution < 1.29 is 5.11 Å². The van der Waals surface area contributed by atoms with E-state index in [2.05, 4.69) is 25.6 Å². The standard InChI is InChI=1S/C11H20ClN5O/c1-6-13-8-14-7(12)15-9(16-8)17-10(2,3)11(4,5)18/h18H,6H2,1-5H3,(H2,13,14,15,16,17). The van der Waals surface area contributed by atoms with Crippen LogP contribution < -0.4 is 10.6 Å². The Labute approximate surface area is 112 Å². The fourth-order valence-corrected chi connectivity index (χ4v) is 1.24. The van der Waals surface area contributed by atoms with Crippen LogP contribution in [0.1, 0.15) is 34.6 Å². The lowest BCUT2D eigenvalue weighted by atomic mass is 9.86. The average molecular weight is 274 g/mol. The number of hydrogen-bond donors (Lipinski definition) is 3. The molecule has 0 bridgehead atoms. The van der Waals surface area contributed by atoms with Gasteiger partial charge in [-0.25, -0.2) is 0 Å². The fraction of sp³-hybridized carbons (Fsp3) is 0.727.